The molecule has 0 aliphatic carbocycles. The van der Waals surface area contributed by atoms with Crippen molar-refractivity contribution in [2.75, 3.05) is 32.7 Å². The van der Waals surface area contributed by atoms with Crippen LogP contribution in [0, 0.1) is 5.41 Å². The monoisotopic (exact) mass is 1260 g/mol. The summed E-state index contributed by atoms with van der Waals surface area (Å²) in [7, 11) is 0. The number of carbonyl (C=O) groups is 7. The number of nitrogens with one attached hydrogen (secondary N) is 8. The van der Waals surface area contributed by atoms with Crippen molar-refractivity contribution in [3.05, 3.63) is 143 Å². The van der Waals surface area contributed by atoms with Gasteiger partial charge in [0.15, 0.2) is 0 Å². The summed E-state index contributed by atoms with van der Waals surface area (Å²) in [5.74, 6) is -4.36. The van der Waals surface area contributed by atoms with E-state index in [4.69, 9.17) is 34.4 Å². The average molecular weight is 1270 g/mol. The highest BCUT2D eigenvalue weighted by Gasteiger charge is 2.43. The van der Waals surface area contributed by atoms with Crippen molar-refractivity contribution >= 4 is 63.2 Å². The number of unbranched alkanes of at least 4 members (excludes halogenated alkanes) is 4. The zero-order valence-electron chi connectivity index (χ0n) is 55.0. The normalized spacial score (nSPS) is 13.9. The number of nitrogens with two attached hydrogens (primary N) is 6. The SMILES string of the molecule is CC(C)(C)c1ccc(CC(CNC(=O)[C@@H](Cc2c[nH]c3ccccc23)NC(=O)[C@@H](CCCCN)NC(=O)[C@H](N)CCCCN)(Cc2ccc(C(C)(C)C)cc2)C(=O)N[C@@H](Cc2c[nH]c3ccccc23)C(=O)N[C@@H](CCCCN)C(=O)N[C@@H](CCCCN)C(N)=O)cc1. The number of primary amides is 1. The quantitative estimate of drug-likeness (QED) is 0.0218. The van der Waals surface area contributed by atoms with Gasteiger partial charge in [-0.15, -0.1) is 0 Å². The molecule has 0 aliphatic heterocycles. The number of para-hydroxylation sites is 2. The van der Waals surface area contributed by atoms with Crippen molar-refractivity contribution < 1.29 is 33.6 Å². The Morgan fingerprint density at radius 2 is 0.804 bits per heavy atom. The van der Waals surface area contributed by atoms with Crippen LogP contribution in [-0.4, -0.2) is 120 Å². The van der Waals surface area contributed by atoms with Crippen LogP contribution >= 0.6 is 0 Å². The number of rotatable bonds is 38. The second kappa shape index (κ2) is 35.2. The molecule has 2 heterocycles. The third-order valence-corrected chi connectivity index (χ3v) is 17.3. The van der Waals surface area contributed by atoms with Gasteiger partial charge >= 0.3 is 0 Å². The second-order valence-electron chi connectivity index (χ2n) is 26.8. The number of carbonyl (C=O) groups excluding carboxylic acids is 7. The van der Waals surface area contributed by atoms with E-state index in [0.29, 0.717) is 89.5 Å². The number of aromatic amines is 2. The topological polar surface area (TPSA) is 379 Å². The summed E-state index contributed by atoms with van der Waals surface area (Å²) in [4.78, 5) is 110. The third kappa shape index (κ3) is 21.6. The lowest BCUT2D eigenvalue weighted by molar-refractivity contribution is -0.137. The van der Waals surface area contributed by atoms with Crippen LogP contribution in [0.15, 0.2) is 109 Å². The molecule has 2 aromatic heterocycles. The molecule has 0 spiro atoms. The fourth-order valence-corrected chi connectivity index (χ4v) is 11.6. The largest absolute Gasteiger partial charge is 0.368 e. The lowest BCUT2D eigenvalue weighted by atomic mass is 9.74. The van der Waals surface area contributed by atoms with E-state index in [0.717, 1.165) is 49.6 Å². The minimum absolute atomic E-state index is 0.00611. The Bertz CT molecular complexity index is 3290. The van der Waals surface area contributed by atoms with E-state index >= 15 is 14.4 Å². The van der Waals surface area contributed by atoms with Crippen molar-refractivity contribution in [1.29, 1.82) is 0 Å². The van der Waals surface area contributed by atoms with Gasteiger partial charge in [0.1, 0.15) is 30.2 Å². The Labute approximate surface area is 543 Å². The summed E-state index contributed by atoms with van der Waals surface area (Å²) in [5, 5.41) is 19.7. The van der Waals surface area contributed by atoms with Crippen LogP contribution in [0.5, 0.6) is 0 Å². The van der Waals surface area contributed by atoms with Crippen LogP contribution in [0.3, 0.4) is 0 Å². The summed E-state index contributed by atoms with van der Waals surface area (Å²) in [6, 6.07) is 24.4. The molecule has 4 aromatic carbocycles. The minimum Gasteiger partial charge on any atom is -0.368 e. The van der Waals surface area contributed by atoms with E-state index in [-0.39, 0.29) is 62.3 Å². The number of H-pyrrole nitrogens is 2. The minimum atomic E-state index is -1.59. The van der Waals surface area contributed by atoms with Crippen LogP contribution in [0.25, 0.3) is 21.8 Å². The number of hydrogen-bond acceptors (Lipinski definition) is 12. The summed E-state index contributed by atoms with van der Waals surface area (Å²) in [6.07, 6.45) is 9.11. The van der Waals surface area contributed by atoms with Gasteiger partial charge in [-0.05, 0) is 166 Å². The van der Waals surface area contributed by atoms with Crippen molar-refractivity contribution in [2.24, 2.45) is 39.8 Å². The Morgan fingerprint density at radius 3 is 1.23 bits per heavy atom. The van der Waals surface area contributed by atoms with Gasteiger partial charge in [-0.25, -0.2) is 0 Å². The number of hydrogen-bond donors (Lipinski definition) is 14. The zero-order valence-corrected chi connectivity index (χ0v) is 55.0. The van der Waals surface area contributed by atoms with Gasteiger partial charge in [-0.1, -0.05) is 133 Å². The molecule has 0 saturated carbocycles. The Kier molecular flexibility index (Phi) is 28.0. The molecule has 500 valence electrons. The average Bonchev–Trinajstić information content (AvgIpc) is 2.21. The molecule has 92 heavy (non-hydrogen) atoms. The van der Waals surface area contributed by atoms with Gasteiger partial charge in [0.05, 0.1) is 11.5 Å². The molecule has 0 fully saturated rings. The molecule has 7 amide bonds. The maximum atomic E-state index is 16.5. The predicted octanol–water partition coefficient (Wildman–Crippen LogP) is 5.37. The fourth-order valence-electron chi connectivity index (χ4n) is 11.6. The van der Waals surface area contributed by atoms with Crippen LogP contribution < -0.4 is 66.3 Å². The van der Waals surface area contributed by atoms with Crippen LogP contribution in [-0.2, 0) is 70.1 Å². The zero-order chi connectivity index (χ0) is 67.0. The van der Waals surface area contributed by atoms with E-state index in [1.54, 1.807) is 12.4 Å². The molecule has 0 saturated heterocycles. The first kappa shape index (κ1) is 73.1. The first-order chi connectivity index (χ1) is 43.9. The summed E-state index contributed by atoms with van der Waals surface area (Å²) in [6.45, 7) is 13.9. The molecule has 21 heteroatoms. The Hall–Kier alpha value is -7.95. The van der Waals surface area contributed by atoms with Crippen LogP contribution in [0.4, 0.5) is 0 Å². The summed E-state index contributed by atoms with van der Waals surface area (Å²) < 4.78 is 0. The molecular weight excluding hydrogens is 1160 g/mol. The second-order valence-corrected chi connectivity index (χ2v) is 26.8. The molecule has 20 N–H and O–H groups in total. The van der Waals surface area contributed by atoms with E-state index in [1.807, 2.05) is 97.1 Å². The van der Waals surface area contributed by atoms with Gasteiger partial charge in [0, 0.05) is 53.6 Å². The maximum Gasteiger partial charge on any atom is 0.243 e. The van der Waals surface area contributed by atoms with Gasteiger partial charge in [-0.2, -0.15) is 0 Å². The highest BCUT2D eigenvalue weighted by Crippen LogP contribution is 2.33. The number of amides is 7. The van der Waals surface area contributed by atoms with E-state index in [1.165, 1.54) is 0 Å². The highest BCUT2D eigenvalue weighted by atomic mass is 16.2. The van der Waals surface area contributed by atoms with Crippen molar-refractivity contribution in [2.45, 2.75) is 191 Å². The van der Waals surface area contributed by atoms with Crippen molar-refractivity contribution in [3.8, 4) is 0 Å². The smallest absolute Gasteiger partial charge is 0.243 e. The van der Waals surface area contributed by atoms with E-state index < -0.39 is 83.0 Å². The van der Waals surface area contributed by atoms with Gasteiger partial charge in [-0.3, -0.25) is 33.6 Å². The summed E-state index contributed by atoms with van der Waals surface area (Å²) in [5.41, 5.74) is 40.2. The van der Waals surface area contributed by atoms with Crippen LogP contribution in [0.2, 0.25) is 0 Å². The molecule has 6 rings (SSSR count). The van der Waals surface area contributed by atoms with Gasteiger partial charge in [0.2, 0.25) is 41.4 Å². The lowest BCUT2D eigenvalue weighted by Crippen LogP contribution is -2.60. The number of benzene rings is 4. The Balaban J connectivity index is 1.48. The predicted molar refractivity (Wildman–Crippen MR) is 366 cm³/mol. The first-order valence-electron chi connectivity index (χ1n) is 32.8. The highest BCUT2D eigenvalue weighted by molar-refractivity contribution is 5.97. The third-order valence-electron chi connectivity index (χ3n) is 17.3. The molecule has 0 unspecified atom stereocenters. The molecule has 21 nitrogen and oxygen atoms in total. The molecule has 0 radical (unpaired) electrons. The van der Waals surface area contributed by atoms with E-state index in [9.17, 15) is 19.2 Å². The Morgan fingerprint density at radius 1 is 0.435 bits per heavy atom. The van der Waals surface area contributed by atoms with E-state index in [2.05, 4.69) is 83.4 Å². The summed E-state index contributed by atoms with van der Waals surface area (Å²) >= 11 is 0. The van der Waals surface area contributed by atoms with Gasteiger partial charge < -0.3 is 76.3 Å². The fraction of sp³-hybridized carbons (Fsp3) is 0.507. The molecule has 6 atom stereocenters. The molecule has 0 aliphatic rings. The molecule has 0 bridgehead atoms. The van der Waals surface area contributed by atoms with Crippen molar-refractivity contribution in [3.63, 3.8) is 0 Å². The van der Waals surface area contributed by atoms with Gasteiger partial charge in [0.25, 0.3) is 0 Å². The molecular formula is C71H104N14O7. The molecule has 6 aromatic rings. The lowest BCUT2D eigenvalue weighted by Gasteiger charge is -2.36. The van der Waals surface area contributed by atoms with Crippen LogP contribution in [0.1, 0.15) is 152 Å². The standard InChI is InChI=1S/C71H104N14O7/c1-69(2,3)50-31-27-46(28-32-50)41-71(42-47-29-33-51(34-30-47)70(4,5)6,45-80-64(88)60(39-48-43-78-55-22-9-7-19-52(48)55)84-66(90)58(25-13-17-37-74)82-63(87)54(76)21-11-15-35-72)68(92)85-61(40-49-44-79-56-23-10-8-20-53(49)56)67(91)83-59(26-14-18-38-75)65(89)81-57(62(77)86)24-12-16-36-73/h7-10,19-20,22-23,27-34,43-44,54,57-61,78-79H,11-18,21,24-26,35-42,45,72-76H2,1-6H3,(H2,77,86)(H,80,88)(H,81,89)(H,82,87)(H,83,91)(H,84,90)(H,85,92)/t54-,57+,58-,59+,60-,61+/m1/s1. The number of aromatic nitrogens is 2. The maximum absolute atomic E-state index is 16.5. The van der Waals surface area contributed by atoms with Crippen molar-refractivity contribution in [1.82, 2.24) is 41.9 Å². The number of fused-ring (bicyclic) bond motifs is 2. The first-order valence-corrected chi connectivity index (χ1v) is 32.8.